The number of carbonyl (C=O) groups excluding carboxylic acids is 1. The second kappa shape index (κ2) is 13.0. The molecule has 1 unspecified atom stereocenters. The van der Waals surface area contributed by atoms with Crippen molar-refractivity contribution < 1.29 is 13.6 Å². The second-order valence-corrected chi connectivity index (χ2v) is 21.0. The van der Waals surface area contributed by atoms with E-state index in [1.54, 1.807) is 0 Å². The average Bonchev–Trinajstić information content (AvgIpc) is 2.82. The maximum absolute atomic E-state index is 12.7. The molecule has 0 radical (unpaired) electrons. The Morgan fingerprint density at radius 3 is 2.22 bits per heavy atom. The zero-order valence-corrected chi connectivity index (χ0v) is 25.4. The Hall–Kier alpha value is -1.96. The lowest BCUT2D eigenvalue weighted by Crippen LogP contribution is -2.42. The van der Waals surface area contributed by atoms with Gasteiger partial charge in [-0.25, -0.2) is 4.79 Å². The summed E-state index contributed by atoms with van der Waals surface area (Å²) in [5.41, 5.74) is 4.53. The smallest absolute Gasteiger partial charge is 0.343 e. The summed E-state index contributed by atoms with van der Waals surface area (Å²) >= 11 is 0. The third-order valence-corrected chi connectivity index (χ3v) is 13.1. The van der Waals surface area contributed by atoms with E-state index in [9.17, 15) is 4.79 Å². The van der Waals surface area contributed by atoms with Crippen molar-refractivity contribution in [1.29, 1.82) is 0 Å². The zero-order chi connectivity index (χ0) is 26.2. The van der Waals surface area contributed by atoms with Crippen LogP contribution in [-0.2, 0) is 10.5 Å². The van der Waals surface area contributed by atoms with E-state index in [1.807, 2.05) is 24.3 Å². The highest BCUT2D eigenvalue weighted by molar-refractivity contribution is 6.84. The molecular formula is C31H46O3Si2. The first kappa shape index (κ1) is 28.6. The van der Waals surface area contributed by atoms with Crippen LogP contribution in [0.5, 0.6) is 5.75 Å². The van der Waals surface area contributed by atoms with Gasteiger partial charge < -0.3 is 8.85 Å². The second-order valence-electron chi connectivity index (χ2n) is 12.0. The van der Waals surface area contributed by atoms with Crippen molar-refractivity contribution in [2.45, 2.75) is 97.1 Å². The number of aryl methyl sites for hydroxylation is 1. The molecule has 5 heteroatoms. The van der Waals surface area contributed by atoms with Crippen LogP contribution in [0, 0.1) is 5.92 Å². The maximum Gasteiger partial charge on any atom is 0.343 e. The third-order valence-electron chi connectivity index (χ3n) is 6.92. The monoisotopic (exact) mass is 522 g/mol. The van der Waals surface area contributed by atoms with Gasteiger partial charge in [-0.3, -0.25) is 0 Å². The van der Waals surface area contributed by atoms with Gasteiger partial charge in [-0.15, -0.1) is 0 Å². The minimum absolute atomic E-state index is 0.301. The van der Waals surface area contributed by atoms with Gasteiger partial charge in [0.05, 0.1) is 5.56 Å². The first-order valence-corrected chi connectivity index (χ1v) is 20.4. The van der Waals surface area contributed by atoms with Gasteiger partial charge in [-0.1, -0.05) is 56.5 Å². The summed E-state index contributed by atoms with van der Waals surface area (Å²) in [7, 11) is -3.02. The molecular weight excluding hydrogens is 477 g/mol. The standard InChI is InChI=1S/C31H46O3Si2/c1-7-10-25-12-16-27(17-13-25)28-20-22-30(23-21-28)33-31(32)29-18-14-26(15-19-29)11-8-9-24-36(5,6)34-35(2,3)4/h14-16,18-23,25H,7-13,17,24H2,1-6H3. The SMILES string of the molecule is CCCC1CC=C(c2ccc(OC(=O)c3ccc(CCCC[Si](C)(C)O[Si](C)(C)C)cc3)cc2)CC1. The number of benzene rings is 2. The molecule has 0 N–H and O–H groups in total. The lowest BCUT2D eigenvalue weighted by Gasteiger charge is -2.31. The van der Waals surface area contributed by atoms with Crippen molar-refractivity contribution >= 4 is 28.2 Å². The highest BCUT2D eigenvalue weighted by atomic mass is 28.4. The van der Waals surface area contributed by atoms with Crippen LogP contribution in [0.25, 0.3) is 5.57 Å². The molecule has 0 saturated carbocycles. The molecule has 1 aliphatic rings. The lowest BCUT2D eigenvalue weighted by molar-refractivity contribution is 0.0734. The molecule has 1 aliphatic carbocycles. The van der Waals surface area contributed by atoms with E-state index < -0.39 is 16.6 Å². The number of carbonyl (C=O) groups is 1. The van der Waals surface area contributed by atoms with Gasteiger partial charge in [-0.05, 0) is 118 Å². The summed E-state index contributed by atoms with van der Waals surface area (Å²) in [5, 5.41) is 0. The minimum atomic E-state index is -1.56. The predicted molar refractivity (Wildman–Crippen MR) is 158 cm³/mol. The van der Waals surface area contributed by atoms with Gasteiger partial charge in [0.15, 0.2) is 16.6 Å². The van der Waals surface area contributed by atoms with E-state index in [2.05, 4.69) is 70.0 Å². The van der Waals surface area contributed by atoms with Gasteiger partial charge in [0.25, 0.3) is 0 Å². The Labute approximate surface area is 221 Å². The largest absolute Gasteiger partial charge is 0.456 e. The highest BCUT2D eigenvalue weighted by Gasteiger charge is 2.28. The Balaban J connectivity index is 1.45. The predicted octanol–water partition coefficient (Wildman–Crippen LogP) is 9.27. The fourth-order valence-corrected chi connectivity index (χ4v) is 13.4. The topological polar surface area (TPSA) is 35.5 Å². The first-order chi connectivity index (χ1) is 17.0. The molecule has 36 heavy (non-hydrogen) atoms. The summed E-state index contributed by atoms with van der Waals surface area (Å²) in [4.78, 5) is 12.7. The lowest BCUT2D eigenvalue weighted by atomic mass is 9.84. The van der Waals surface area contributed by atoms with Crippen LogP contribution >= 0.6 is 0 Å². The number of hydrogen-bond donors (Lipinski definition) is 0. The molecule has 2 aromatic rings. The number of hydrogen-bond acceptors (Lipinski definition) is 3. The molecule has 0 amide bonds. The van der Waals surface area contributed by atoms with Gasteiger partial charge in [0, 0.05) is 0 Å². The normalized spacial score (nSPS) is 16.5. The Morgan fingerprint density at radius 2 is 1.64 bits per heavy atom. The Morgan fingerprint density at radius 1 is 0.944 bits per heavy atom. The Kier molecular flexibility index (Phi) is 10.4. The molecule has 2 aromatic carbocycles. The van der Waals surface area contributed by atoms with Crippen molar-refractivity contribution in [2.24, 2.45) is 5.92 Å². The van der Waals surface area contributed by atoms with Crippen molar-refractivity contribution in [3.05, 3.63) is 71.3 Å². The molecule has 3 nitrogen and oxygen atoms in total. The number of rotatable bonds is 12. The van der Waals surface area contributed by atoms with Gasteiger partial charge in [0.1, 0.15) is 5.75 Å². The van der Waals surface area contributed by atoms with E-state index in [0.717, 1.165) is 25.2 Å². The zero-order valence-electron chi connectivity index (χ0n) is 23.4. The van der Waals surface area contributed by atoms with Crippen LogP contribution in [0.4, 0.5) is 0 Å². The fourth-order valence-electron chi connectivity index (χ4n) is 5.29. The number of allylic oxidation sites excluding steroid dienone is 2. The van der Waals surface area contributed by atoms with Crippen molar-refractivity contribution in [2.75, 3.05) is 0 Å². The molecule has 0 aromatic heterocycles. The quantitative estimate of drug-likeness (QED) is 0.121. The Bertz CT molecular complexity index is 1000. The summed E-state index contributed by atoms with van der Waals surface area (Å²) in [6.07, 6.45) is 12.0. The van der Waals surface area contributed by atoms with E-state index >= 15 is 0 Å². The van der Waals surface area contributed by atoms with E-state index in [-0.39, 0.29) is 5.97 Å². The van der Waals surface area contributed by atoms with Gasteiger partial charge >= 0.3 is 5.97 Å². The van der Waals surface area contributed by atoms with Crippen molar-refractivity contribution in [3.8, 4) is 5.75 Å². The molecule has 0 aliphatic heterocycles. The van der Waals surface area contributed by atoms with Gasteiger partial charge in [0.2, 0.25) is 0 Å². The molecule has 1 atom stereocenters. The summed E-state index contributed by atoms with van der Waals surface area (Å²) in [6.45, 7) is 13.8. The van der Waals surface area contributed by atoms with E-state index in [4.69, 9.17) is 8.85 Å². The van der Waals surface area contributed by atoms with E-state index in [0.29, 0.717) is 11.3 Å². The van der Waals surface area contributed by atoms with Crippen LogP contribution in [0.1, 0.15) is 73.4 Å². The molecule has 3 rings (SSSR count). The van der Waals surface area contributed by atoms with Crippen LogP contribution in [-0.4, -0.2) is 22.6 Å². The summed E-state index contributed by atoms with van der Waals surface area (Å²) in [6, 6.07) is 17.1. The first-order valence-electron chi connectivity index (χ1n) is 13.9. The number of esters is 1. The molecule has 0 heterocycles. The molecule has 0 spiro atoms. The van der Waals surface area contributed by atoms with Gasteiger partial charge in [-0.2, -0.15) is 0 Å². The summed E-state index contributed by atoms with van der Waals surface area (Å²) in [5.74, 6) is 1.14. The van der Waals surface area contributed by atoms with Crippen molar-refractivity contribution in [3.63, 3.8) is 0 Å². The summed E-state index contributed by atoms with van der Waals surface area (Å²) < 4.78 is 12.1. The molecule has 0 fully saturated rings. The highest BCUT2D eigenvalue weighted by Crippen LogP contribution is 2.33. The van der Waals surface area contributed by atoms with Crippen LogP contribution in [0.15, 0.2) is 54.6 Å². The molecule has 0 bridgehead atoms. The minimum Gasteiger partial charge on any atom is -0.456 e. The average molecular weight is 523 g/mol. The molecule has 0 saturated heterocycles. The fraction of sp³-hybridized carbons (Fsp3) is 0.516. The van der Waals surface area contributed by atoms with Crippen LogP contribution in [0.2, 0.25) is 38.8 Å². The number of unbranched alkanes of at least 4 members (excludes halogenated alkanes) is 1. The van der Waals surface area contributed by atoms with Crippen LogP contribution in [0.3, 0.4) is 0 Å². The third kappa shape index (κ3) is 9.49. The number of ether oxygens (including phenoxy) is 1. The maximum atomic E-state index is 12.7. The van der Waals surface area contributed by atoms with Crippen molar-refractivity contribution in [1.82, 2.24) is 0 Å². The molecule has 196 valence electrons. The van der Waals surface area contributed by atoms with Crippen LogP contribution < -0.4 is 4.74 Å². The van der Waals surface area contributed by atoms with E-state index in [1.165, 1.54) is 54.8 Å².